The summed E-state index contributed by atoms with van der Waals surface area (Å²) in [5.74, 6) is 1.34. The van der Waals surface area contributed by atoms with Gasteiger partial charge >= 0.3 is 0 Å². The summed E-state index contributed by atoms with van der Waals surface area (Å²) in [5.41, 5.74) is 1.80. The van der Waals surface area contributed by atoms with Crippen LogP contribution in [0.1, 0.15) is 45.9 Å². The van der Waals surface area contributed by atoms with Crippen LogP contribution in [0.3, 0.4) is 0 Å². The van der Waals surface area contributed by atoms with Crippen LogP contribution in [0.25, 0.3) is 0 Å². The summed E-state index contributed by atoms with van der Waals surface area (Å²) in [6.07, 6.45) is 6.49. The summed E-state index contributed by atoms with van der Waals surface area (Å²) in [7, 11) is -0.169. The number of hydrogen-bond donors (Lipinski definition) is 0. The summed E-state index contributed by atoms with van der Waals surface area (Å²) in [5, 5.41) is 0.170. The van der Waals surface area contributed by atoms with E-state index in [1.807, 2.05) is 36.6 Å². The Kier molecular flexibility index (Phi) is 8.39. The van der Waals surface area contributed by atoms with Crippen molar-refractivity contribution in [2.75, 3.05) is 7.11 Å². The van der Waals surface area contributed by atoms with E-state index in [1.165, 1.54) is 0 Å². The van der Waals surface area contributed by atoms with E-state index in [1.54, 1.807) is 13.3 Å². The number of rotatable bonds is 9. The second-order valence-corrected chi connectivity index (χ2v) is 15.6. The Bertz CT molecular complexity index is 890. The van der Waals surface area contributed by atoms with E-state index in [0.717, 1.165) is 15.7 Å². The van der Waals surface area contributed by atoms with Crippen molar-refractivity contribution in [2.45, 2.75) is 65.8 Å². The molecule has 0 bridgehead atoms. The maximum atomic E-state index is 6.23. The molecular formula is C25H36BrNO3Si. The molecule has 0 fully saturated rings. The predicted molar refractivity (Wildman–Crippen MR) is 134 cm³/mol. The van der Waals surface area contributed by atoms with Gasteiger partial charge in [-0.05, 0) is 51.1 Å². The summed E-state index contributed by atoms with van der Waals surface area (Å²) in [4.78, 5) is 4.63. The van der Waals surface area contributed by atoms with Gasteiger partial charge in [-0.15, -0.1) is 0 Å². The molecule has 2 aromatic rings. The zero-order valence-electron chi connectivity index (χ0n) is 20.1. The lowest BCUT2D eigenvalue weighted by Gasteiger charge is -2.35. The van der Waals surface area contributed by atoms with Gasteiger partial charge in [0.1, 0.15) is 6.61 Å². The first-order valence-electron chi connectivity index (χ1n) is 10.6. The van der Waals surface area contributed by atoms with Crippen molar-refractivity contribution >= 4 is 24.2 Å². The molecule has 2 rings (SSSR count). The molecule has 0 atom stereocenters. The van der Waals surface area contributed by atoms with Crippen molar-refractivity contribution in [3.8, 4) is 11.5 Å². The second-order valence-electron chi connectivity index (χ2n) is 10.0. The van der Waals surface area contributed by atoms with E-state index in [4.69, 9.17) is 13.9 Å². The van der Waals surface area contributed by atoms with Crippen LogP contribution >= 0.6 is 15.9 Å². The van der Waals surface area contributed by atoms with Crippen LogP contribution in [0, 0.1) is 5.41 Å². The third kappa shape index (κ3) is 7.11. The first-order valence-corrected chi connectivity index (χ1v) is 14.3. The van der Waals surface area contributed by atoms with Crippen molar-refractivity contribution in [1.29, 1.82) is 0 Å². The first-order chi connectivity index (χ1) is 14.4. The first kappa shape index (κ1) is 25.5. The third-order valence-electron chi connectivity index (χ3n) is 5.76. The van der Waals surface area contributed by atoms with E-state index in [-0.39, 0.29) is 10.5 Å². The zero-order valence-corrected chi connectivity index (χ0v) is 22.7. The van der Waals surface area contributed by atoms with Gasteiger partial charge in [0.15, 0.2) is 11.5 Å². The smallest absolute Gasteiger partial charge is 0.249 e. The average Bonchev–Trinajstić information content (AvgIpc) is 2.67. The van der Waals surface area contributed by atoms with Gasteiger partial charge in [-0.25, -0.2) is 0 Å². The second kappa shape index (κ2) is 10.2. The highest BCUT2D eigenvalue weighted by Crippen LogP contribution is 2.40. The van der Waals surface area contributed by atoms with Crippen LogP contribution in [-0.4, -0.2) is 20.4 Å². The minimum Gasteiger partial charge on any atom is -0.549 e. The standard InChI is InChI=1S/C25H36BrNO3Si/c1-24(2,3)31(7,8)30-15-14-25(4,5)16-21-23(28-6)22(20(26)17-27-21)29-18-19-12-10-9-11-13-19/h9-15,17H,16,18H2,1-8H3. The Morgan fingerprint density at radius 1 is 1.03 bits per heavy atom. The fourth-order valence-corrected chi connectivity index (χ4v) is 3.91. The van der Waals surface area contributed by atoms with Gasteiger partial charge in [0.05, 0.1) is 23.5 Å². The van der Waals surface area contributed by atoms with Crippen LogP contribution in [0.2, 0.25) is 18.1 Å². The summed E-state index contributed by atoms with van der Waals surface area (Å²) < 4.78 is 18.8. The van der Waals surface area contributed by atoms with Crippen molar-refractivity contribution in [2.24, 2.45) is 5.41 Å². The Labute approximate surface area is 197 Å². The fourth-order valence-electron chi connectivity index (χ4n) is 2.75. The van der Waals surface area contributed by atoms with Gasteiger partial charge in [0, 0.05) is 12.6 Å². The van der Waals surface area contributed by atoms with Gasteiger partial charge in [0.25, 0.3) is 0 Å². The van der Waals surface area contributed by atoms with E-state index >= 15 is 0 Å². The molecule has 0 N–H and O–H groups in total. The molecule has 31 heavy (non-hydrogen) atoms. The minimum atomic E-state index is -1.83. The SMILES string of the molecule is COc1c(CC(C)(C)C=CO[Si](C)(C)C(C)(C)C)ncc(Br)c1OCc1ccccc1. The number of pyridine rings is 1. The highest BCUT2D eigenvalue weighted by atomic mass is 79.9. The van der Waals surface area contributed by atoms with Crippen LogP contribution in [0.5, 0.6) is 11.5 Å². The molecule has 1 aromatic carbocycles. The van der Waals surface area contributed by atoms with Crippen molar-refractivity contribution in [3.63, 3.8) is 0 Å². The predicted octanol–water partition coefficient (Wildman–Crippen LogP) is 7.54. The number of benzene rings is 1. The molecule has 0 unspecified atom stereocenters. The maximum absolute atomic E-state index is 6.23. The quantitative estimate of drug-likeness (QED) is 0.260. The van der Waals surface area contributed by atoms with Crippen LogP contribution < -0.4 is 9.47 Å². The molecule has 1 aromatic heterocycles. The molecule has 0 amide bonds. The molecule has 0 aliphatic carbocycles. The zero-order chi connectivity index (χ0) is 23.3. The molecule has 0 saturated heterocycles. The monoisotopic (exact) mass is 505 g/mol. The number of allylic oxidation sites excluding steroid dienone is 1. The van der Waals surface area contributed by atoms with Crippen molar-refractivity contribution < 1.29 is 13.9 Å². The summed E-state index contributed by atoms with van der Waals surface area (Å²) in [6.45, 7) is 16.0. The van der Waals surface area contributed by atoms with Crippen molar-refractivity contribution in [1.82, 2.24) is 4.98 Å². The van der Waals surface area contributed by atoms with Gasteiger partial charge in [0.2, 0.25) is 8.32 Å². The van der Waals surface area contributed by atoms with Gasteiger partial charge in [-0.2, -0.15) is 0 Å². The minimum absolute atomic E-state index is 0.160. The highest BCUT2D eigenvalue weighted by Gasteiger charge is 2.38. The molecule has 0 aliphatic heterocycles. The molecule has 4 nitrogen and oxygen atoms in total. The number of halogens is 1. The highest BCUT2D eigenvalue weighted by molar-refractivity contribution is 9.10. The average molecular weight is 507 g/mol. The van der Waals surface area contributed by atoms with Gasteiger partial charge < -0.3 is 13.9 Å². The molecule has 0 radical (unpaired) electrons. The van der Waals surface area contributed by atoms with E-state index in [9.17, 15) is 0 Å². The topological polar surface area (TPSA) is 40.6 Å². The number of methoxy groups -OCH3 is 1. The van der Waals surface area contributed by atoms with Gasteiger partial charge in [-0.3, -0.25) is 4.98 Å². The number of aromatic nitrogens is 1. The molecule has 0 spiro atoms. The Hall–Kier alpha value is -1.79. The fraction of sp³-hybridized carbons (Fsp3) is 0.480. The van der Waals surface area contributed by atoms with E-state index < -0.39 is 8.32 Å². The summed E-state index contributed by atoms with van der Waals surface area (Å²) in [6, 6.07) is 10.1. The lowest BCUT2D eigenvalue weighted by atomic mass is 9.87. The molecule has 0 saturated carbocycles. The largest absolute Gasteiger partial charge is 0.549 e. The van der Waals surface area contributed by atoms with Crippen LogP contribution in [0.15, 0.2) is 53.3 Å². The van der Waals surface area contributed by atoms with E-state index in [2.05, 4.69) is 74.7 Å². The molecule has 170 valence electrons. The van der Waals surface area contributed by atoms with Crippen LogP contribution in [0.4, 0.5) is 0 Å². The maximum Gasteiger partial charge on any atom is 0.249 e. The summed E-state index contributed by atoms with van der Waals surface area (Å²) >= 11 is 3.56. The van der Waals surface area contributed by atoms with Gasteiger partial charge in [-0.1, -0.05) is 65.0 Å². The number of nitrogens with zero attached hydrogens (tertiary/aromatic N) is 1. The Morgan fingerprint density at radius 2 is 1.68 bits per heavy atom. The lowest BCUT2D eigenvalue weighted by molar-refractivity contribution is 0.278. The normalized spacial score (nSPS) is 12.8. The Balaban J connectivity index is 2.19. The number of ether oxygens (including phenoxy) is 2. The molecule has 0 aliphatic rings. The Morgan fingerprint density at radius 3 is 2.26 bits per heavy atom. The lowest BCUT2D eigenvalue weighted by Crippen LogP contribution is -2.39. The van der Waals surface area contributed by atoms with E-state index in [0.29, 0.717) is 24.5 Å². The van der Waals surface area contributed by atoms with Crippen LogP contribution in [-0.2, 0) is 17.5 Å². The number of hydrogen-bond acceptors (Lipinski definition) is 4. The molecule has 1 heterocycles. The molecular weight excluding hydrogens is 470 g/mol. The van der Waals surface area contributed by atoms with Crippen molar-refractivity contribution in [3.05, 3.63) is 64.6 Å². The molecule has 6 heteroatoms. The third-order valence-corrected chi connectivity index (χ3v) is 10.7.